The van der Waals surface area contributed by atoms with Crippen LogP contribution >= 0.6 is 11.3 Å². The van der Waals surface area contributed by atoms with Crippen molar-refractivity contribution in [1.29, 1.82) is 0 Å². The number of H-pyrrole nitrogens is 2. The van der Waals surface area contributed by atoms with Crippen LogP contribution in [0.25, 0.3) is 32.0 Å². The van der Waals surface area contributed by atoms with Gasteiger partial charge in [0, 0.05) is 34.7 Å². The molecule has 0 radical (unpaired) electrons. The average Bonchev–Trinajstić information content (AvgIpc) is 3.53. The molecule has 0 saturated carbocycles. The smallest absolute Gasteiger partial charge is 0.225 e. The van der Waals surface area contributed by atoms with Gasteiger partial charge in [-0.15, -0.1) is 11.3 Å². The summed E-state index contributed by atoms with van der Waals surface area (Å²) in [6.45, 7) is 0.748. The van der Waals surface area contributed by atoms with Gasteiger partial charge in [-0.3, -0.25) is 5.10 Å². The number of benzene rings is 2. The minimum absolute atomic E-state index is 0.623. The predicted molar refractivity (Wildman–Crippen MR) is 127 cm³/mol. The third kappa shape index (κ3) is 3.36. The highest BCUT2D eigenvalue weighted by Gasteiger charge is 2.11. The van der Waals surface area contributed by atoms with Gasteiger partial charge in [-0.05, 0) is 47.7 Å². The zero-order valence-electron chi connectivity index (χ0n) is 16.5. The Hall–Kier alpha value is -3.91. The second-order valence-corrected chi connectivity index (χ2v) is 8.28. The van der Waals surface area contributed by atoms with Crippen LogP contribution in [0.4, 0.5) is 17.5 Å². The number of aromatic nitrogens is 5. The van der Waals surface area contributed by atoms with Crippen LogP contribution in [-0.4, -0.2) is 31.7 Å². The normalized spacial score (nSPS) is 11.5. The van der Waals surface area contributed by atoms with Gasteiger partial charge in [-0.25, -0.2) is 4.98 Å². The van der Waals surface area contributed by atoms with Crippen molar-refractivity contribution in [2.24, 2.45) is 0 Å². The van der Waals surface area contributed by atoms with E-state index in [2.05, 4.69) is 61.3 Å². The molecule has 0 unspecified atom stereocenters. The van der Waals surface area contributed by atoms with E-state index in [-0.39, 0.29) is 0 Å². The Bertz CT molecular complexity index is 1510. The number of hydrogen-bond acceptors (Lipinski definition) is 6. The van der Waals surface area contributed by atoms with Gasteiger partial charge in [0.2, 0.25) is 5.95 Å². The van der Waals surface area contributed by atoms with E-state index in [1.807, 2.05) is 35.8 Å². The molecule has 4 N–H and O–H groups in total. The molecule has 152 valence electrons. The van der Waals surface area contributed by atoms with Gasteiger partial charge in [-0.2, -0.15) is 10.1 Å². The first-order valence-corrected chi connectivity index (χ1v) is 11.0. The van der Waals surface area contributed by atoms with Crippen LogP contribution < -0.4 is 10.6 Å². The molecule has 6 aromatic rings. The number of anilines is 3. The van der Waals surface area contributed by atoms with Crippen molar-refractivity contribution in [3.05, 3.63) is 71.9 Å². The zero-order valence-corrected chi connectivity index (χ0v) is 17.3. The van der Waals surface area contributed by atoms with Crippen molar-refractivity contribution >= 4 is 60.8 Å². The van der Waals surface area contributed by atoms with Crippen molar-refractivity contribution in [1.82, 2.24) is 25.1 Å². The van der Waals surface area contributed by atoms with E-state index in [1.54, 1.807) is 11.3 Å². The average molecular weight is 426 g/mol. The minimum atomic E-state index is 0.623. The quantitative estimate of drug-likeness (QED) is 0.285. The Labute approximate surface area is 181 Å². The highest BCUT2D eigenvalue weighted by molar-refractivity contribution is 7.17. The molecule has 8 heteroatoms. The molecule has 0 spiro atoms. The predicted octanol–water partition coefficient (Wildman–Crippen LogP) is 5.45. The largest absolute Gasteiger partial charge is 0.361 e. The van der Waals surface area contributed by atoms with Crippen LogP contribution in [0, 0.1) is 0 Å². The Balaban J connectivity index is 1.24. The first-order valence-electron chi connectivity index (χ1n) is 10.1. The summed E-state index contributed by atoms with van der Waals surface area (Å²) >= 11 is 1.63. The summed E-state index contributed by atoms with van der Waals surface area (Å²) in [5, 5.41) is 18.3. The van der Waals surface area contributed by atoms with Crippen LogP contribution in [-0.2, 0) is 6.42 Å². The molecule has 0 aliphatic carbocycles. The third-order valence-electron chi connectivity index (χ3n) is 5.36. The van der Waals surface area contributed by atoms with E-state index in [0.717, 1.165) is 51.1 Å². The van der Waals surface area contributed by atoms with E-state index in [0.29, 0.717) is 5.95 Å². The lowest BCUT2D eigenvalue weighted by molar-refractivity contribution is 0.999. The van der Waals surface area contributed by atoms with Gasteiger partial charge < -0.3 is 15.6 Å². The topological polar surface area (TPSA) is 94.3 Å². The van der Waals surface area contributed by atoms with E-state index in [1.165, 1.54) is 10.9 Å². The maximum Gasteiger partial charge on any atom is 0.225 e. The summed E-state index contributed by atoms with van der Waals surface area (Å²) in [6.07, 6.45) is 4.78. The molecular weight excluding hydrogens is 406 g/mol. The lowest BCUT2D eigenvalue weighted by atomic mass is 10.1. The Kier molecular flexibility index (Phi) is 4.28. The molecule has 0 amide bonds. The van der Waals surface area contributed by atoms with Crippen molar-refractivity contribution in [3.8, 4) is 0 Å². The van der Waals surface area contributed by atoms with Gasteiger partial charge >= 0.3 is 0 Å². The van der Waals surface area contributed by atoms with E-state index < -0.39 is 0 Å². The second kappa shape index (κ2) is 7.41. The molecule has 0 atom stereocenters. The fourth-order valence-electron chi connectivity index (χ4n) is 3.83. The number of nitrogens with zero attached hydrogens (tertiary/aromatic N) is 3. The molecule has 7 nitrogen and oxygen atoms in total. The lowest BCUT2D eigenvalue weighted by Gasteiger charge is -2.10. The number of fused-ring (bicyclic) bond motifs is 3. The number of aromatic amines is 2. The third-order valence-corrected chi connectivity index (χ3v) is 6.27. The molecule has 0 bridgehead atoms. The van der Waals surface area contributed by atoms with Crippen LogP contribution in [0.3, 0.4) is 0 Å². The van der Waals surface area contributed by atoms with Crippen molar-refractivity contribution in [2.75, 3.05) is 17.2 Å². The van der Waals surface area contributed by atoms with Gasteiger partial charge in [0.1, 0.15) is 0 Å². The first-order chi connectivity index (χ1) is 15.3. The standard InChI is InChI=1S/C23H19N7S/c1-2-4-19-17(3-1)14(12-25-19)7-9-24-23-28-20-8-10-31-21(20)22(29-23)27-16-5-6-18-15(11-16)13-26-30-18/h1-6,8,10-13,25H,7,9H2,(H,26,30)(H2,24,27,28,29). The maximum absolute atomic E-state index is 4.76. The van der Waals surface area contributed by atoms with Gasteiger partial charge in [0.05, 0.1) is 21.9 Å². The monoisotopic (exact) mass is 425 g/mol. The summed E-state index contributed by atoms with van der Waals surface area (Å²) in [5.74, 6) is 1.43. The maximum atomic E-state index is 4.76. The molecule has 0 saturated heterocycles. The van der Waals surface area contributed by atoms with Crippen molar-refractivity contribution < 1.29 is 0 Å². The van der Waals surface area contributed by atoms with Crippen molar-refractivity contribution in [2.45, 2.75) is 6.42 Å². The highest BCUT2D eigenvalue weighted by atomic mass is 32.1. The zero-order chi connectivity index (χ0) is 20.6. The van der Waals surface area contributed by atoms with Crippen LogP contribution in [0.1, 0.15) is 5.56 Å². The molecular formula is C23H19N7S. The van der Waals surface area contributed by atoms with Crippen LogP contribution in [0.2, 0.25) is 0 Å². The highest BCUT2D eigenvalue weighted by Crippen LogP contribution is 2.30. The Morgan fingerprint density at radius 2 is 1.97 bits per heavy atom. The summed E-state index contributed by atoms with van der Waals surface area (Å²) in [7, 11) is 0. The van der Waals surface area contributed by atoms with Gasteiger partial charge in [-0.1, -0.05) is 18.2 Å². The van der Waals surface area contributed by atoms with Crippen LogP contribution in [0.5, 0.6) is 0 Å². The molecule has 6 rings (SSSR count). The van der Waals surface area contributed by atoms with Crippen LogP contribution in [0.15, 0.2) is 66.3 Å². The summed E-state index contributed by atoms with van der Waals surface area (Å²) in [6, 6.07) is 16.5. The Morgan fingerprint density at radius 3 is 2.97 bits per heavy atom. The summed E-state index contributed by atoms with van der Waals surface area (Å²) in [4.78, 5) is 12.8. The molecule has 4 aromatic heterocycles. The fraction of sp³-hybridized carbons (Fsp3) is 0.0870. The summed E-state index contributed by atoms with van der Waals surface area (Å²) in [5.41, 5.74) is 5.35. The molecule has 0 fully saturated rings. The van der Waals surface area contributed by atoms with E-state index in [4.69, 9.17) is 4.98 Å². The van der Waals surface area contributed by atoms with Crippen molar-refractivity contribution in [3.63, 3.8) is 0 Å². The Morgan fingerprint density at radius 1 is 1.00 bits per heavy atom. The minimum Gasteiger partial charge on any atom is -0.361 e. The lowest BCUT2D eigenvalue weighted by Crippen LogP contribution is -2.09. The molecule has 31 heavy (non-hydrogen) atoms. The molecule has 2 aromatic carbocycles. The van der Waals surface area contributed by atoms with Gasteiger partial charge in [0.15, 0.2) is 5.82 Å². The molecule has 4 heterocycles. The summed E-state index contributed by atoms with van der Waals surface area (Å²) < 4.78 is 1.04. The number of thiophene rings is 1. The number of para-hydroxylation sites is 1. The fourth-order valence-corrected chi connectivity index (χ4v) is 4.61. The number of rotatable bonds is 6. The van der Waals surface area contributed by atoms with E-state index >= 15 is 0 Å². The first kappa shape index (κ1) is 17.9. The van der Waals surface area contributed by atoms with E-state index in [9.17, 15) is 0 Å². The second-order valence-electron chi connectivity index (χ2n) is 7.36. The number of hydrogen-bond donors (Lipinski definition) is 4. The SMILES string of the molecule is c1ccc2c(CCNc3nc(Nc4ccc5[nH]ncc5c4)c4sccc4n3)c[nH]c2c1. The molecule has 0 aliphatic heterocycles. The van der Waals surface area contributed by atoms with Gasteiger partial charge in [0.25, 0.3) is 0 Å². The number of nitrogens with one attached hydrogen (secondary N) is 4. The molecule has 0 aliphatic rings.